The minimum Gasteiger partial charge on any atom is -0.481 e. The summed E-state index contributed by atoms with van der Waals surface area (Å²) in [5.41, 5.74) is 3.86. The van der Waals surface area contributed by atoms with Gasteiger partial charge in [-0.3, -0.25) is 4.79 Å². The highest BCUT2D eigenvalue weighted by atomic mass is 16.4. The van der Waals surface area contributed by atoms with Crippen LogP contribution in [-0.2, 0) is 22.6 Å². The van der Waals surface area contributed by atoms with Gasteiger partial charge in [0.2, 0.25) is 0 Å². The molecular formula is C27H37NO5. The number of aryl methyl sites for hydroxylation is 1. The first kappa shape index (κ1) is 29.9. The van der Waals surface area contributed by atoms with E-state index in [1.54, 1.807) is 20.8 Å². The van der Waals surface area contributed by atoms with Gasteiger partial charge in [-0.05, 0) is 80.4 Å². The Kier molecular flexibility index (Phi) is 13.5. The van der Waals surface area contributed by atoms with Crippen molar-refractivity contribution in [3.05, 3.63) is 71.3 Å². The lowest BCUT2D eigenvalue weighted by atomic mass is 9.87. The van der Waals surface area contributed by atoms with Gasteiger partial charge in [0.1, 0.15) is 6.79 Å². The average Bonchev–Trinajstić information content (AvgIpc) is 2.75. The average molecular weight is 456 g/mol. The summed E-state index contributed by atoms with van der Waals surface area (Å²) in [6, 6.07) is 17.6. The number of rotatable bonds is 4. The third kappa shape index (κ3) is 10.4. The van der Waals surface area contributed by atoms with Crippen molar-refractivity contribution < 1.29 is 24.9 Å². The first-order valence-corrected chi connectivity index (χ1v) is 10.5. The van der Waals surface area contributed by atoms with Gasteiger partial charge in [-0.25, -0.2) is 0 Å². The van der Waals surface area contributed by atoms with E-state index in [1.165, 1.54) is 0 Å². The zero-order chi connectivity index (χ0) is 25.6. The maximum atomic E-state index is 11.3. The summed E-state index contributed by atoms with van der Waals surface area (Å²) in [6.45, 7) is 9.09. The van der Waals surface area contributed by atoms with Crippen LogP contribution >= 0.6 is 0 Å². The molecule has 0 amide bonds. The molecule has 4 N–H and O–H groups in total. The molecule has 0 saturated heterocycles. The van der Waals surface area contributed by atoms with E-state index in [1.807, 2.05) is 82.4 Å². The van der Waals surface area contributed by atoms with Crippen molar-refractivity contribution in [2.24, 2.45) is 0 Å². The molecule has 0 aliphatic rings. The number of aliphatic carboxylic acids is 1. The fourth-order valence-corrected chi connectivity index (χ4v) is 3.12. The maximum absolute atomic E-state index is 11.3. The highest BCUT2D eigenvalue weighted by Gasteiger charge is 2.17. The summed E-state index contributed by atoms with van der Waals surface area (Å²) < 4.78 is 0. The van der Waals surface area contributed by atoms with Crippen molar-refractivity contribution in [3.8, 4) is 11.1 Å². The predicted octanol–water partition coefficient (Wildman–Crippen LogP) is 4.36. The summed E-state index contributed by atoms with van der Waals surface area (Å²) in [6.07, 6.45) is -0.0359. The molecule has 180 valence electrons. The van der Waals surface area contributed by atoms with E-state index >= 15 is 0 Å². The lowest BCUT2D eigenvalue weighted by molar-refractivity contribution is -0.136. The van der Waals surface area contributed by atoms with Crippen LogP contribution in [0.3, 0.4) is 0 Å². The van der Waals surface area contributed by atoms with Gasteiger partial charge in [-0.1, -0.05) is 54.6 Å². The standard InChI is InChI=1S/C20H18O3.C4H10O.C2H7N.CH2O/c1-13-10-14-6-2-4-8-16(14)20(18(13)11-19(22)23)17-9-5-3-7-15(17)12-21;1-4(2,3)5;1-3-2;1-2/h2-10,21H,11-12H2,1H3,(H,22,23);5H,1-3H3;3H,1-2H3;1H2. The van der Waals surface area contributed by atoms with Gasteiger partial charge in [0, 0.05) is 0 Å². The zero-order valence-electron chi connectivity index (χ0n) is 20.5. The number of benzene rings is 3. The summed E-state index contributed by atoms with van der Waals surface area (Å²) in [7, 11) is 3.75. The van der Waals surface area contributed by atoms with E-state index < -0.39 is 11.6 Å². The maximum Gasteiger partial charge on any atom is 0.307 e. The van der Waals surface area contributed by atoms with E-state index in [0.717, 1.165) is 38.6 Å². The number of fused-ring (bicyclic) bond motifs is 1. The number of hydrogen-bond acceptors (Lipinski definition) is 5. The molecule has 0 radical (unpaired) electrons. The molecule has 3 aromatic carbocycles. The molecule has 0 atom stereocenters. The number of carboxylic acids is 1. The summed E-state index contributed by atoms with van der Waals surface area (Å²) in [5, 5.41) is 32.3. The Hall–Kier alpha value is -3.06. The second-order valence-corrected chi connectivity index (χ2v) is 8.32. The normalized spacial score (nSPS) is 10.1. The number of hydrogen-bond donors (Lipinski definition) is 4. The fraction of sp³-hybridized carbons (Fsp3) is 0.333. The van der Waals surface area contributed by atoms with Crippen LogP contribution in [0, 0.1) is 6.92 Å². The van der Waals surface area contributed by atoms with Gasteiger partial charge in [-0.15, -0.1) is 0 Å². The van der Waals surface area contributed by atoms with E-state index in [9.17, 15) is 15.0 Å². The second-order valence-electron chi connectivity index (χ2n) is 8.32. The number of aliphatic hydroxyl groups excluding tert-OH is 1. The van der Waals surface area contributed by atoms with Crippen molar-refractivity contribution >= 4 is 23.5 Å². The highest BCUT2D eigenvalue weighted by molar-refractivity contribution is 6.00. The second kappa shape index (κ2) is 14.9. The Labute approximate surface area is 196 Å². The van der Waals surface area contributed by atoms with Crippen LogP contribution in [0.15, 0.2) is 54.6 Å². The number of aliphatic hydroxyl groups is 2. The number of nitrogens with one attached hydrogen (secondary N) is 1. The smallest absolute Gasteiger partial charge is 0.307 e. The Bertz CT molecular complexity index is 1000. The third-order valence-corrected chi connectivity index (χ3v) is 4.16. The summed E-state index contributed by atoms with van der Waals surface area (Å²) in [5.74, 6) is -0.855. The molecular weight excluding hydrogens is 418 g/mol. The molecule has 3 rings (SSSR count). The molecule has 3 aromatic rings. The molecule has 6 heteroatoms. The molecule has 0 bridgehead atoms. The molecule has 6 nitrogen and oxygen atoms in total. The summed E-state index contributed by atoms with van der Waals surface area (Å²) >= 11 is 0. The van der Waals surface area contributed by atoms with Gasteiger partial charge < -0.3 is 25.4 Å². The Morgan fingerprint density at radius 3 is 2.00 bits per heavy atom. The molecule has 0 spiro atoms. The van der Waals surface area contributed by atoms with Crippen molar-refractivity contribution in [1.29, 1.82) is 0 Å². The topological polar surface area (TPSA) is 107 Å². The molecule has 0 saturated carbocycles. The monoisotopic (exact) mass is 455 g/mol. The largest absolute Gasteiger partial charge is 0.481 e. The Morgan fingerprint density at radius 1 is 1.00 bits per heavy atom. The predicted molar refractivity (Wildman–Crippen MR) is 135 cm³/mol. The van der Waals surface area contributed by atoms with Crippen molar-refractivity contribution in [3.63, 3.8) is 0 Å². The van der Waals surface area contributed by atoms with E-state index in [0.29, 0.717) is 0 Å². The van der Waals surface area contributed by atoms with Crippen LogP contribution < -0.4 is 5.32 Å². The molecule has 0 fully saturated rings. The van der Waals surface area contributed by atoms with Crippen LogP contribution in [0.25, 0.3) is 21.9 Å². The zero-order valence-corrected chi connectivity index (χ0v) is 20.5. The van der Waals surface area contributed by atoms with Crippen LogP contribution in [0.1, 0.15) is 37.5 Å². The van der Waals surface area contributed by atoms with Crippen molar-refractivity contribution in [2.45, 2.75) is 46.3 Å². The lowest BCUT2D eigenvalue weighted by Crippen LogP contribution is -2.10. The quantitative estimate of drug-likeness (QED) is 0.466. The first-order chi connectivity index (χ1) is 15.5. The lowest BCUT2D eigenvalue weighted by Gasteiger charge is -2.17. The third-order valence-electron chi connectivity index (χ3n) is 4.16. The van der Waals surface area contributed by atoms with Crippen molar-refractivity contribution in [1.82, 2.24) is 5.32 Å². The number of carbonyl (C=O) groups is 2. The van der Waals surface area contributed by atoms with Gasteiger partial charge in [0.25, 0.3) is 0 Å². The van der Waals surface area contributed by atoms with Gasteiger partial charge in [0.05, 0.1) is 18.6 Å². The number of carboxylic acid groups (broad SMARTS) is 1. The first-order valence-electron chi connectivity index (χ1n) is 10.5. The fourth-order valence-electron chi connectivity index (χ4n) is 3.12. The van der Waals surface area contributed by atoms with E-state index in [4.69, 9.17) is 9.90 Å². The highest BCUT2D eigenvalue weighted by Crippen LogP contribution is 2.36. The SMILES string of the molecule is C=O.CC(C)(C)O.CNC.Cc1cc2ccccc2c(-c2ccccc2CO)c1CC(=O)O. The van der Waals surface area contributed by atoms with Crippen LogP contribution in [-0.4, -0.2) is 47.8 Å². The number of carbonyl (C=O) groups excluding carboxylic acids is 1. The Balaban J connectivity index is 0.000000877. The molecule has 0 aromatic heterocycles. The molecule has 0 aliphatic heterocycles. The molecule has 0 heterocycles. The molecule has 0 aliphatic carbocycles. The summed E-state index contributed by atoms with van der Waals surface area (Å²) in [4.78, 5) is 19.3. The van der Waals surface area contributed by atoms with E-state index in [2.05, 4.69) is 5.32 Å². The molecule has 0 unspecified atom stereocenters. The van der Waals surface area contributed by atoms with Gasteiger partial charge in [0.15, 0.2) is 0 Å². The minimum atomic E-state index is -0.855. The molecule has 33 heavy (non-hydrogen) atoms. The van der Waals surface area contributed by atoms with E-state index in [-0.39, 0.29) is 13.0 Å². The van der Waals surface area contributed by atoms with Crippen LogP contribution in [0.2, 0.25) is 0 Å². The van der Waals surface area contributed by atoms with Crippen LogP contribution in [0.4, 0.5) is 0 Å². The Morgan fingerprint density at radius 2 is 1.48 bits per heavy atom. The minimum absolute atomic E-state index is 0.0359. The van der Waals surface area contributed by atoms with Crippen LogP contribution in [0.5, 0.6) is 0 Å². The van der Waals surface area contributed by atoms with Gasteiger partial charge in [-0.2, -0.15) is 0 Å². The van der Waals surface area contributed by atoms with Crippen molar-refractivity contribution in [2.75, 3.05) is 14.1 Å². The van der Waals surface area contributed by atoms with Gasteiger partial charge >= 0.3 is 5.97 Å².